The number of esters is 1. The number of ether oxygens (including phenoxy) is 1. The molecule has 186 valence electrons. The van der Waals surface area contributed by atoms with Gasteiger partial charge in [-0.25, -0.2) is 0 Å². The normalized spacial score (nSPS) is 15.7. The van der Waals surface area contributed by atoms with Crippen LogP contribution in [0.3, 0.4) is 0 Å². The van der Waals surface area contributed by atoms with Crippen LogP contribution in [0, 0.1) is 38.0 Å². The lowest BCUT2D eigenvalue weighted by Gasteiger charge is -2.31. The molecule has 1 aromatic rings. The summed E-state index contributed by atoms with van der Waals surface area (Å²) in [5, 5.41) is -1.72. The van der Waals surface area contributed by atoms with Crippen molar-refractivity contribution in [2.75, 3.05) is 6.61 Å². The lowest BCUT2D eigenvalue weighted by Crippen LogP contribution is -2.45. The van der Waals surface area contributed by atoms with E-state index in [0.717, 1.165) is 48.8 Å². The van der Waals surface area contributed by atoms with Crippen molar-refractivity contribution in [3.05, 3.63) is 34.4 Å². The summed E-state index contributed by atoms with van der Waals surface area (Å²) in [6.45, 7) is 18.6. The molecule has 4 nitrogen and oxygen atoms in total. The number of Topliss-reactive ketones (excluding diaryl/α,β-unsaturated/α-hetero) is 1. The molecule has 1 aromatic carbocycles. The summed E-state index contributed by atoms with van der Waals surface area (Å²) in [7, 11) is -0.494. The number of hydrogen-bond donors (Lipinski definition) is 0. The number of carbonyl (C=O) groups is 2. The molecule has 0 radical (unpaired) electrons. The van der Waals surface area contributed by atoms with Crippen molar-refractivity contribution < 1.29 is 18.9 Å². The fourth-order valence-electron chi connectivity index (χ4n) is 4.96. The Labute approximate surface area is 203 Å². The van der Waals surface area contributed by atoms with Crippen molar-refractivity contribution in [3.63, 3.8) is 0 Å². The molecule has 0 spiro atoms. The highest BCUT2D eigenvalue weighted by molar-refractivity contribution is 7.30. The first kappa shape index (κ1) is 29.5. The highest BCUT2D eigenvalue weighted by Crippen LogP contribution is 2.40. The minimum atomic E-state index is -1.72. The van der Waals surface area contributed by atoms with Crippen molar-refractivity contribution in [1.29, 1.82) is 0 Å². The number of aryl methyl sites for hydroxylation is 3. The van der Waals surface area contributed by atoms with E-state index in [4.69, 9.17) is 4.74 Å². The number of hydrogen-bond acceptors (Lipinski definition) is 4. The van der Waals surface area contributed by atoms with Crippen molar-refractivity contribution >= 4 is 20.2 Å². The predicted molar refractivity (Wildman–Crippen MR) is 137 cm³/mol. The Morgan fingerprint density at radius 2 is 1.61 bits per heavy atom. The fraction of sp³-hybridized carbons (Fsp3) is 0.714. The van der Waals surface area contributed by atoms with Gasteiger partial charge in [0.25, 0.3) is 0 Å². The van der Waals surface area contributed by atoms with Gasteiger partial charge in [-0.15, -0.1) is 0 Å². The highest BCUT2D eigenvalue weighted by Gasteiger charge is 2.51. The molecular weight excluding hydrogens is 431 g/mol. The maximum absolute atomic E-state index is 14.0. The molecule has 0 aliphatic rings. The molecule has 0 aliphatic heterocycles. The van der Waals surface area contributed by atoms with Gasteiger partial charge in [-0.1, -0.05) is 78.5 Å². The summed E-state index contributed by atoms with van der Waals surface area (Å²) in [4.78, 5) is 27.5. The van der Waals surface area contributed by atoms with Crippen molar-refractivity contribution in [3.8, 4) is 0 Å². The highest BCUT2D eigenvalue weighted by atomic mass is 31.1. The van der Waals surface area contributed by atoms with E-state index in [0.29, 0.717) is 5.56 Å². The third-order valence-electron chi connectivity index (χ3n) is 6.37. The Hall–Kier alpha value is -1.54. The Morgan fingerprint density at radius 1 is 1.03 bits per heavy atom. The summed E-state index contributed by atoms with van der Waals surface area (Å²) >= 11 is 0. The van der Waals surface area contributed by atoms with Crippen LogP contribution in [0.15, 0.2) is 12.1 Å². The SMILES string of the molecule is CCCCC(CC)COC(=O)C(CC(C)CC(C)(C)C)(P=O)C(=O)c1c(C)cc(C)cc1C. The molecule has 1 rings (SSSR count). The van der Waals surface area contributed by atoms with Crippen LogP contribution in [0.25, 0.3) is 0 Å². The van der Waals surface area contributed by atoms with Gasteiger partial charge >= 0.3 is 5.97 Å². The van der Waals surface area contributed by atoms with Gasteiger partial charge in [0.2, 0.25) is 5.16 Å². The number of carbonyl (C=O) groups excluding carboxylic acids is 2. The zero-order chi connectivity index (χ0) is 25.4. The molecule has 0 N–H and O–H groups in total. The van der Waals surface area contributed by atoms with Gasteiger partial charge in [0.1, 0.15) is 0 Å². The summed E-state index contributed by atoms with van der Waals surface area (Å²) in [6, 6.07) is 3.88. The number of rotatable bonds is 13. The molecule has 0 saturated heterocycles. The Kier molecular flexibility index (Phi) is 11.4. The molecule has 0 fully saturated rings. The van der Waals surface area contributed by atoms with E-state index in [1.54, 1.807) is 0 Å². The number of unbranched alkanes of at least 4 members (excludes halogenated alkanes) is 1. The van der Waals surface area contributed by atoms with E-state index in [2.05, 4.69) is 34.6 Å². The molecule has 0 aliphatic carbocycles. The molecule has 0 amide bonds. The van der Waals surface area contributed by atoms with Gasteiger partial charge < -0.3 is 4.74 Å². The van der Waals surface area contributed by atoms with Gasteiger partial charge in [-0.3, -0.25) is 14.2 Å². The number of benzene rings is 1. The second-order valence-corrected chi connectivity index (χ2v) is 12.1. The van der Waals surface area contributed by atoms with Gasteiger partial charge in [-0.05, 0) is 68.4 Å². The molecule has 0 saturated carbocycles. The van der Waals surface area contributed by atoms with E-state index in [1.165, 1.54) is 0 Å². The monoisotopic (exact) mass is 476 g/mol. The molecule has 0 bridgehead atoms. The standard InChI is InChI=1S/C28H45O4P/c1-10-12-13-23(11-2)18-32-26(30)28(33-31,17-20(4)16-27(7,8)9)25(29)24-21(5)14-19(3)15-22(24)6/h14-15,20,23H,10-13,16-18H2,1-9H3. The second-order valence-electron chi connectivity index (χ2n) is 11.1. The van der Waals surface area contributed by atoms with Crippen LogP contribution >= 0.6 is 8.46 Å². The summed E-state index contributed by atoms with van der Waals surface area (Å²) in [6.07, 6.45) is 5.05. The predicted octanol–water partition coefficient (Wildman–Crippen LogP) is 8.05. The van der Waals surface area contributed by atoms with Crippen LogP contribution < -0.4 is 0 Å². The summed E-state index contributed by atoms with van der Waals surface area (Å²) in [5.74, 6) is -0.767. The van der Waals surface area contributed by atoms with E-state index < -0.39 is 19.6 Å². The topological polar surface area (TPSA) is 60.4 Å². The Morgan fingerprint density at radius 3 is 2.06 bits per heavy atom. The molecule has 0 aromatic heterocycles. The maximum atomic E-state index is 14.0. The van der Waals surface area contributed by atoms with Crippen LogP contribution in [0.4, 0.5) is 0 Å². The Bertz CT molecular complexity index is 801. The molecule has 0 heterocycles. The van der Waals surface area contributed by atoms with Crippen molar-refractivity contribution in [1.82, 2.24) is 0 Å². The summed E-state index contributed by atoms with van der Waals surface area (Å²) < 4.78 is 18.5. The lowest BCUT2D eigenvalue weighted by molar-refractivity contribution is -0.147. The van der Waals surface area contributed by atoms with Crippen LogP contribution in [0.2, 0.25) is 0 Å². The first-order chi connectivity index (χ1) is 15.3. The fourth-order valence-corrected chi connectivity index (χ4v) is 5.68. The van der Waals surface area contributed by atoms with E-state index in [-0.39, 0.29) is 36.1 Å². The molecule has 3 atom stereocenters. The van der Waals surface area contributed by atoms with Crippen LogP contribution in [-0.2, 0) is 14.1 Å². The number of ketones is 1. The zero-order valence-corrected chi connectivity index (χ0v) is 23.2. The average Bonchev–Trinajstić information content (AvgIpc) is 2.69. The van der Waals surface area contributed by atoms with Crippen molar-refractivity contribution in [2.24, 2.45) is 17.3 Å². The van der Waals surface area contributed by atoms with Gasteiger partial charge in [0, 0.05) is 5.56 Å². The minimum absolute atomic E-state index is 0.0241. The van der Waals surface area contributed by atoms with E-state index in [9.17, 15) is 14.2 Å². The summed E-state index contributed by atoms with van der Waals surface area (Å²) in [5.41, 5.74) is 3.17. The largest absolute Gasteiger partial charge is 0.464 e. The smallest absolute Gasteiger partial charge is 0.331 e. The molecule has 3 unspecified atom stereocenters. The third kappa shape index (κ3) is 8.32. The van der Waals surface area contributed by atoms with Gasteiger partial charge in [0.05, 0.1) is 6.61 Å². The van der Waals surface area contributed by atoms with Crippen molar-refractivity contribution in [2.45, 2.75) is 106 Å². The van der Waals surface area contributed by atoms with Crippen LogP contribution in [0.1, 0.15) is 107 Å². The lowest BCUT2D eigenvalue weighted by atomic mass is 9.78. The van der Waals surface area contributed by atoms with Crippen LogP contribution in [-0.4, -0.2) is 23.5 Å². The second kappa shape index (κ2) is 12.8. The van der Waals surface area contributed by atoms with Gasteiger partial charge in [0.15, 0.2) is 14.2 Å². The first-order valence-corrected chi connectivity index (χ1v) is 13.3. The van der Waals surface area contributed by atoms with Crippen LogP contribution in [0.5, 0.6) is 0 Å². The van der Waals surface area contributed by atoms with E-state index in [1.807, 2.05) is 39.8 Å². The molecule has 33 heavy (non-hydrogen) atoms. The zero-order valence-electron chi connectivity index (χ0n) is 22.3. The van der Waals surface area contributed by atoms with Gasteiger partial charge in [-0.2, -0.15) is 0 Å². The molecule has 5 heteroatoms. The first-order valence-electron chi connectivity index (χ1n) is 12.5. The third-order valence-corrected chi connectivity index (χ3v) is 7.25. The Balaban J connectivity index is 3.39. The van der Waals surface area contributed by atoms with E-state index >= 15 is 0 Å². The minimum Gasteiger partial charge on any atom is -0.464 e. The maximum Gasteiger partial charge on any atom is 0.331 e. The molecular formula is C28H45O4P. The quantitative estimate of drug-likeness (QED) is 0.125. The average molecular weight is 477 g/mol.